The summed E-state index contributed by atoms with van der Waals surface area (Å²) in [6, 6.07) is 15.8. The molecule has 0 aliphatic carbocycles. The van der Waals surface area contributed by atoms with Gasteiger partial charge in [0.15, 0.2) is 0 Å². The van der Waals surface area contributed by atoms with Gasteiger partial charge in [0, 0.05) is 5.75 Å². The number of hydrogen-bond donors (Lipinski definition) is 0. The van der Waals surface area contributed by atoms with Gasteiger partial charge in [0.1, 0.15) is 11.5 Å². The molecular formula is C18H18N2O3S. The molecule has 0 spiro atoms. The number of hydrogen-bond acceptors (Lipinski definition) is 6. The molecule has 2 aromatic carbocycles. The molecule has 0 N–H and O–H groups in total. The molecular weight excluding hydrogens is 324 g/mol. The van der Waals surface area contributed by atoms with Crippen LogP contribution in [0.1, 0.15) is 17.0 Å². The molecule has 0 aliphatic heterocycles. The molecule has 3 aromatic rings. The predicted molar refractivity (Wildman–Crippen MR) is 92.7 cm³/mol. The largest absolute Gasteiger partial charge is 0.497 e. The van der Waals surface area contributed by atoms with Crippen LogP contribution in [0, 0.1) is 0 Å². The van der Waals surface area contributed by atoms with E-state index >= 15 is 0 Å². The van der Waals surface area contributed by atoms with Crippen molar-refractivity contribution in [3.63, 3.8) is 0 Å². The summed E-state index contributed by atoms with van der Waals surface area (Å²) in [4.78, 5) is 0. The number of nitrogens with zero attached hydrogens (tertiary/aromatic N) is 2. The zero-order valence-corrected chi connectivity index (χ0v) is 14.4. The maximum absolute atomic E-state index is 5.71. The Morgan fingerprint density at radius 2 is 1.58 bits per heavy atom. The van der Waals surface area contributed by atoms with Crippen molar-refractivity contribution in [3.8, 4) is 11.5 Å². The molecule has 5 nitrogen and oxygen atoms in total. The second-order valence-corrected chi connectivity index (χ2v) is 6.06. The third-order valence-electron chi connectivity index (χ3n) is 3.43. The molecule has 0 unspecified atom stereocenters. The molecule has 0 aliphatic rings. The minimum absolute atomic E-state index is 0.565. The van der Waals surface area contributed by atoms with Gasteiger partial charge in [-0.05, 0) is 35.4 Å². The lowest BCUT2D eigenvalue weighted by Crippen LogP contribution is -1.90. The Morgan fingerprint density at radius 3 is 2.29 bits per heavy atom. The van der Waals surface area contributed by atoms with Gasteiger partial charge >= 0.3 is 0 Å². The number of ether oxygens (including phenoxy) is 2. The highest BCUT2D eigenvalue weighted by molar-refractivity contribution is 7.98. The first-order valence-corrected chi connectivity index (χ1v) is 8.46. The average molecular weight is 342 g/mol. The van der Waals surface area contributed by atoms with Crippen LogP contribution in [-0.2, 0) is 12.2 Å². The van der Waals surface area contributed by atoms with Crippen LogP contribution in [0.5, 0.6) is 11.5 Å². The van der Waals surface area contributed by atoms with Crippen LogP contribution in [0.2, 0.25) is 0 Å². The summed E-state index contributed by atoms with van der Waals surface area (Å²) in [7, 11) is 3.31. The molecule has 1 aromatic heterocycles. The van der Waals surface area contributed by atoms with E-state index in [1.54, 1.807) is 14.2 Å². The molecule has 0 fully saturated rings. The molecule has 0 radical (unpaired) electrons. The van der Waals surface area contributed by atoms with Crippen molar-refractivity contribution in [2.75, 3.05) is 14.2 Å². The third kappa shape index (κ3) is 4.29. The van der Waals surface area contributed by atoms with E-state index in [4.69, 9.17) is 13.9 Å². The molecule has 0 atom stereocenters. The smallest absolute Gasteiger partial charge is 0.276 e. The summed E-state index contributed by atoms with van der Waals surface area (Å²) >= 11 is 1.51. The fourth-order valence-corrected chi connectivity index (χ4v) is 2.96. The van der Waals surface area contributed by atoms with Crippen molar-refractivity contribution in [3.05, 3.63) is 65.5 Å². The molecule has 124 valence electrons. The van der Waals surface area contributed by atoms with Crippen molar-refractivity contribution in [2.45, 2.75) is 17.4 Å². The summed E-state index contributed by atoms with van der Waals surface area (Å²) in [6.07, 6.45) is 0.587. The van der Waals surface area contributed by atoms with Crippen LogP contribution in [0.3, 0.4) is 0 Å². The van der Waals surface area contributed by atoms with E-state index in [0.717, 1.165) is 28.4 Å². The lowest BCUT2D eigenvalue weighted by Gasteiger charge is -2.02. The van der Waals surface area contributed by atoms with Gasteiger partial charge < -0.3 is 13.9 Å². The standard InChI is InChI=1S/C18H18N2O3S/c1-21-15-7-3-5-13(9-15)11-17-19-20-18(23-17)24-12-14-6-4-8-16(10-14)22-2/h3-10H,11-12H2,1-2H3. The van der Waals surface area contributed by atoms with E-state index in [1.165, 1.54) is 11.8 Å². The van der Waals surface area contributed by atoms with E-state index in [9.17, 15) is 0 Å². The number of methoxy groups -OCH3 is 2. The van der Waals surface area contributed by atoms with E-state index in [-0.39, 0.29) is 0 Å². The van der Waals surface area contributed by atoms with Crippen LogP contribution in [0.15, 0.2) is 58.2 Å². The minimum atomic E-state index is 0.565. The van der Waals surface area contributed by atoms with Crippen LogP contribution >= 0.6 is 11.8 Å². The first-order valence-electron chi connectivity index (χ1n) is 7.48. The van der Waals surface area contributed by atoms with E-state index in [2.05, 4.69) is 10.2 Å². The average Bonchev–Trinajstić information content (AvgIpc) is 3.07. The predicted octanol–water partition coefficient (Wildman–Crippen LogP) is 3.97. The van der Waals surface area contributed by atoms with Crippen LogP contribution in [0.25, 0.3) is 0 Å². The van der Waals surface area contributed by atoms with Gasteiger partial charge in [-0.2, -0.15) is 0 Å². The number of benzene rings is 2. The topological polar surface area (TPSA) is 57.4 Å². The molecule has 0 amide bonds. The Hall–Kier alpha value is -2.47. The fourth-order valence-electron chi connectivity index (χ4n) is 2.23. The summed E-state index contributed by atoms with van der Waals surface area (Å²) in [5.74, 6) is 3.01. The quantitative estimate of drug-likeness (QED) is 0.606. The Balaban J connectivity index is 1.60. The minimum Gasteiger partial charge on any atom is -0.497 e. The van der Waals surface area contributed by atoms with Crippen molar-refractivity contribution < 1.29 is 13.9 Å². The van der Waals surface area contributed by atoms with Crippen molar-refractivity contribution in [1.82, 2.24) is 10.2 Å². The van der Waals surface area contributed by atoms with Gasteiger partial charge in [0.2, 0.25) is 5.89 Å². The van der Waals surface area contributed by atoms with Gasteiger partial charge in [-0.3, -0.25) is 0 Å². The maximum atomic E-state index is 5.71. The Morgan fingerprint density at radius 1 is 0.917 bits per heavy atom. The van der Waals surface area contributed by atoms with E-state index in [0.29, 0.717) is 17.5 Å². The highest BCUT2D eigenvalue weighted by Gasteiger charge is 2.09. The number of rotatable bonds is 7. The summed E-state index contributed by atoms with van der Waals surface area (Å²) in [5, 5.41) is 8.77. The molecule has 3 rings (SSSR count). The second-order valence-electron chi connectivity index (χ2n) is 5.13. The summed E-state index contributed by atoms with van der Waals surface area (Å²) < 4.78 is 16.2. The lowest BCUT2D eigenvalue weighted by molar-refractivity contribution is 0.411. The normalized spacial score (nSPS) is 10.6. The second kappa shape index (κ2) is 7.88. The first-order chi connectivity index (χ1) is 11.8. The van der Waals surface area contributed by atoms with Crippen molar-refractivity contribution in [1.29, 1.82) is 0 Å². The Labute approximate surface area is 145 Å². The molecule has 0 bridgehead atoms. The van der Waals surface area contributed by atoms with Gasteiger partial charge in [-0.15, -0.1) is 10.2 Å². The maximum Gasteiger partial charge on any atom is 0.276 e. The third-order valence-corrected chi connectivity index (χ3v) is 4.32. The van der Waals surface area contributed by atoms with Crippen molar-refractivity contribution >= 4 is 11.8 Å². The van der Waals surface area contributed by atoms with E-state index in [1.807, 2.05) is 48.5 Å². The van der Waals surface area contributed by atoms with Crippen LogP contribution in [0.4, 0.5) is 0 Å². The van der Waals surface area contributed by atoms with E-state index < -0.39 is 0 Å². The molecule has 0 saturated carbocycles. The van der Waals surface area contributed by atoms with Crippen LogP contribution < -0.4 is 9.47 Å². The first kappa shape index (κ1) is 16.4. The van der Waals surface area contributed by atoms with Gasteiger partial charge in [0.05, 0.1) is 20.6 Å². The number of aromatic nitrogens is 2. The Bertz CT molecular complexity index is 804. The lowest BCUT2D eigenvalue weighted by atomic mass is 10.1. The van der Waals surface area contributed by atoms with Gasteiger partial charge in [-0.25, -0.2) is 0 Å². The number of thioether (sulfide) groups is 1. The van der Waals surface area contributed by atoms with Crippen LogP contribution in [-0.4, -0.2) is 24.4 Å². The zero-order chi connectivity index (χ0) is 16.8. The molecule has 0 saturated heterocycles. The highest BCUT2D eigenvalue weighted by atomic mass is 32.2. The molecule has 24 heavy (non-hydrogen) atoms. The zero-order valence-electron chi connectivity index (χ0n) is 13.6. The molecule has 6 heteroatoms. The monoisotopic (exact) mass is 342 g/mol. The molecule has 1 heterocycles. The highest BCUT2D eigenvalue weighted by Crippen LogP contribution is 2.24. The summed E-state index contributed by atoms with van der Waals surface area (Å²) in [5.41, 5.74) is 2.22. The van der Waals surface area contributed by atoms with Crippen molar-refractivity contribution in [2.24, 2.45) is 0 Å². The van der Waals surface area contributed by atoms with Gasteiger partial charge in [0.25, 0.3) is 5.22 Å². The van der Waals surface area contributed by atoms with Gasteiger partial charge in [-0.1, -0.05) is 36.0 Å². The Kier molecular flexibility index (Phi) is 5.38. The SMILES string of the molecule is COc1cccc(CSc2nnc(Cc3cccc(OC)c3)o2)c1. The summed E-state index contributed by atoms with van der Waals surface area (Å²) in [6.45, 7) is 0. The fraction of sp³-hybridized carbons (Fsp3) is 0.222.